The highest BCUT2D eigenvalue weighted by Crippen LogP contribution is 2.06. The van der Waals surface area contributed by atoms with E-state index < -0.39 is 12.5 Å². The number of hydrogen-bond acceptors (Lipinski definition) is 2. The molecule has 0 aromatic heterocycles. The second-order valence-electron chi connectivity index (χ2n) is 2.30. The van der Waals surface area contributed by atoms with E-state index in [9.17, 15) is 8.78 Å². The summed E-state index contributed by atoms with van der Waals surface area (Å²) in [7, 11) is 0. The van der Waals surface area contributed by atoms with Gasteiger partial charge in [0.05, 0.1) is 12.6 Å². The maximum atomic E-state index is 12.0. The predicted molar refractivity (Wildman–Crippen MR) is 40.5 cm³/mol. The lowest BCUT2D eigenvalue weighted by Gasteiger charge is -2.12. The fourth-order valence-electron chi connectivity index (χ4n) is 0.946. The number of rotatable bonds is 1. The second-order valence-corrected chi connectivity index (χ2v) is 2.30. The largest absolute Gasteiger partial charge is 0.380 e. The third kappa shape index (κ3) is 3.84. The zero-order valence-corrected chi connectivity index (χ0v) is 6.87. The normalized spacial score (nSPS) is 25.9. The summed E-state index contributed by atoms with van der Waals surface area (Å²) in [5.74, 6) is 0. The molecule has 11 heavy (non-hydrogen) atoms. The Hall–Kier alpha value is 0.0700. The molecule has 1 atom stereocenters. The average Bonchev–Trinajstić information content (AvgIpc) is 2.12. The number of ether oxygens (including phenoxy) is 1. The molecule has 0 bridgehead atoms. The molecular formula is C6H12ClF2NO. The minimum atomic E-state index is -2.26. The lowest BCUT2D eigenvalue weighted by Crippen LogP contribution is -2.35. The number of hydrogen-bond donors (Lipinski definition) is 1. The van der Waals surface area contributed by atoms with Crippen molar-refractivity contribution in [1.29, 1.82) is 0 Å². The second kappa shape index (κ2) is 5.69. The molecule has 0 saturated carbocycles. The first-order valence-corrected chi connectivity index (χ1v) is 3.40. The van der Waals surface area contributed by atoms with Crippen LogP contribution in [0.15, 0.2) is 0 Å². The predicted octanol–water partition coefficient (Wildman–Crippen LogP) is 1.05. The Morgan fingerprint density at radius 2 is 2.09 bits per heavy atom. The van der Waals surface area contributed by atoms with Crippen LogP contribution in [0, 0.1) is 0 Å². The SMILES string of the molecule is Cl.FC(F)C1CCOCCN1. The van der Waals surface area contributed by atoms with E-state index in [1.54, 1.807) is 0 Å². The van der Waals surface area contributed by atoms with E-state index in [1.807, 2.05) is 0 Å². The molecule has 1 rings (SSSR count). The fourth-order valence-corrected chi connectivity index (χ4v) is 0.946. The zero-order chi connectivity index (χ0) is 7.40. The van der Waals surface area contributed by atoms with E-state index in [0.29, 0.717) is 26.2 Å². The maximum absolute atomic E-state index is 12.0. The van der Waals surface area contributed by atoms with Crippen LogP contribution in [0.5, 0.6) is 0 Å². The average molecular weight is 188 g/mol. The molecular weight excluding hydrogens is 176 g/mol. The molecule has 1 N–H and O–H groups in total. The van der Waals surface area contributed by atoms with Crippen LogP contribution in [-0.4, -0.2) is 32.2 Å². The van der Waals surface area contributed by atoms with Crippen LogP contribution in [0.25, 0.3) is 0 Å². The molecule has 1 unspecified atom stereocenters. The Balaban J connectivity index is 0.000001000. The lowest BCUT2D eigenvalue weighted by molar-refractivity contribution is 0.0899. The molecule has 0 radical (unpaired) electrons. The van der Waals surface area contributed by atoms with Crippen LogP contribution in [0.4, 0.5) is 8.78 Å². The highest BCUT2D eigenvalue weighted by atomic mass is 35.5. The van der Waals surface area contributed by atoms with Gasteiger partial charge in [-0.05, 0) is 6.42 Å². The maximum Gasteiger partial charge on any atom is 0.253 e. The van der Waals surface area contributed by atoms with Gasteiger partial charge in [-0.1, -0.05) is 0 Å². The summed E-state index contributed by atoms with van der Waals surface area (Å²) in [6.07, 6.45) is -1.85. The topological polar surface area (TPSA) is 21.3 Å². The summed E-state index contributed by atoms with van der Waals surface area (Å²) in [5.41, 5.74) is 0. The summed E-state index contributed by atoms with van der Waals surface area (Å²) in [4.78, 5) is 0. The molecule has 0 amide bonds. The van der Waals surface area contributed by atoms with Gasteiger partial charge in [0, 0.05) is 13.2 Å². The molecule has 0 aromatic rings. The van der Waals surface area contributed by atoms with Gasteiger partial charge in [0.15, 0.2) is 0 Å². The van der Waals surface area contributed by atoms with Crippen LogP contribution >= 0.6 is 12.4 Å². The van der Waals surface area contributed by atoms with Crippen molar-refractivity contribution in [2.45, 2.75) is 18.9 Å². The van der Waals surface area contributed by atoms with Crippen molar-refractivity contribution in [2.75, 3.05) is 19.8 Å². The Labute approximate surface area is 70.7 Å². The van der Waals surface area contributed by atoms with Gasteiger partial charge in [0.1, 0.15) is 0 Å². The Morgan fingerprint density at radius 1 is 1.36 bits per heavy atom. The van der Waals surface area contributed by atoms with E-state index in [2.05, 4.69) is 5.32 Å². The minimum absolute atomic E-state index is 0. The van der Waals surface area contributed by atoms with Gasteiger partial charge >= 0.3 is 0 Å². The van der Waals surface area contributed by atoms with E-state index in [4.69, 9.17) is 4.74 Å². The molecule has 5 heteroatoms. The van der Waals surface area contributed by atoms with Crippen LogP contribution < -0.4 is 5.32 Å². The van der Waals surface area contributed by atoms with E-state index in [1.165, 1.54) is 0 Å². The summed E-state index contributed by atoms with van der Waals surface area (Å²) in [6.45, 7) is 1.53. The van der Waals surface area contributed by atoms with Gasteiger partial charge in [-0.3, -0.25) is 0 Å². The zero-order valence-electron chi connectivity index (χ0n) is 6.06. The van der Waals surface area contributed by atoms with E-state index >= 15 is 0 Å². The van der Waals surface area contributed by atoms with Gasteiger partial charge in [0.2, 0.25) is 0 Å². The third-order valence-electron chi connectivity index (χ3n) is 1.53. The molecule has 0 spiro atoms. The molecule has 1 fully saturated rings. The first kappa shape index (κ1) is 11.1. The van der Waals surface area contributed by atoms with Crippen molar-refractivity contribution >= 4 is 12.4 Å². The first-order valence-electron chi connectivity index (χ1n) is 3.40. The van der Waals surface area contributed by atoms with Gasteiger partial charge in [0.25, 0.3) is 6.43 Å². The quantitative estimate of drug-likeness (QED) is 0.663. The summed E-state index contributed by atoms with van der Waals surface area (Å²) < 4.78 is 28.9. The van der Waals surface area contributed by atoms with Crippen LogP contribution in [0.2, 0.25) is 0 Å². The van der Waals surface area contributed by atoms with Crippen molar-refractivity contribution in [1.82, 2.24) is 5.32 Å². The van der Waals surface area contributed by atoms with Crippen molar-refractivity contribution in [3.63, 3.8) is 0 Å². The molecule has 1 saturated heterocycles. The fraction of sp³-hybridized carbons (Fsp3) is 1.00. The van der Waals surface area contributed by atoms with Gasteiger partial charge in [-0.2, -0.15) is 0 Å². The molecule has 2 nitrogen and oxygen atoms in total. The smallest absolute Gasteiger partial charge is 0.253 e. The highest BCUT2D eigenvalue weighted by Gasteiger charge is 2.20. The van der Waals surface area contributed by atoms with E-state index in [0.717, 1.165) is 0 Å². The third-order valence-corrected chi connectivity index (χ3v) is 1.53. The molecule has 0 aromatic carbocycles. The summed E-state index contributed by atoms with van der Waals surface area (Å²) in [6, 6.07) is -0.664. The number of halogens is 3. The number of alkyl halides is 2. The van der Waals surface area contributed by atoms with Crippen LogP contribution in [0.1, 0.15) is 6.42 Å². The number of nitrogens with one attached hydrogen (secondary N) is 1. The highest BCUT2D eigenvalue weighted by molar-refractivity contribution is 5.85. The van der Waals surface area contributed by atoms with Crippen molar-refractivity contribution in [3.8, 4) is 0 Å². The summed E-state index contributed by atoms with van der Waals surface area (Å²) >= 11 is 0. The molecule has 68 valence electrons. The first-order chi connectivity index (χ1) is 4.80. The minimum Gasteiger partial charge on any atom is -0.380 e. The van der Waals surface area contributed by atoms with Crippen LogP contribution in [0.3, 0.4) is 0 Å². The monoisotopic (exact) mass is 187 g/mol. The van der Waals surface area contributed by atoms with E-state index in [-0.39, 0.29) is 12.4 Å². The van der Waals surface area contributed by atoms with Gasteiger partial charge in [-0.15, -0.1) is 12.4 Å². The standard InChI is InChI=1S/C6H11F2NO.ClH/c7-6(8)5-1-3-10-4-2-9-5;/h5-6,9H,1-4H2;1H. The summed E-state index contributed by atoms with van der Waals surface area (Å²) in [5, 5.41) is 2.71. The molecule has 1 aliphatic heterocycles. The molecule has 0 aliphatic carbocycles. The molecule has 1 aliphatic rings. The lowest BCUT2D eigenvalue weighted by atomic mass is 10.2. The van der Waals surface area contributed by atoms with Crippen molar-refractivity contribution in [2.24, 2.45) is 0 Å². The Morgan fingerprint density at radius 3 is 2.73 bits per heavy atom. The van der Waals surface area contributed by atoms with Crippen LogP contribution in [-0.2, 0) is 4.74 Å². The molecule has 1 heterocycles. The Bertz CT molecular complexity index is 96.6. The van der Waals surface area contributed by atoms with Crippen molar-refractivity contribution < 1.29 is 13.5 Å². The van der Waals surface area contributed by atoms with Crippen molar-refractivity contribution in [3.05, 3.63) is 0 Å². The van der Waals surface area contributed by atoms with Gasteiger partial charge in [-0.25, -0.2) is 8.78 Å². The Kier molecular flexibility index (Phi) is 5.72. The van der Waals surface area contributed by atoms with Gasteiger partial charge < -0.3 is 10.1 Å².